The molecule has 0 unspecified atom stereocenters. The first-order valence-corrected chi connectivity index (χ1v) is 18.7. The molecule has 0 radical (unpaired) electrons. The average molecular weight is 734 g/mol. The van der Waals surface area contributed by atoms with E-state index in [0.29, 0.717) is 98.4 Å². The lowest BCUT2D eigenvalue weighted by atomic mass is 9.91. The molecular formula is C38H35N7O7S. The Labute approximate surface area is 303 Å². The molecule has 0 saturated carbocycles. The first kappa shape index (κ1) is 35.4. The lowest BCUT2D eigenvalue weighted by molar-refractivity contribution is 0.0591. The zero-order valence-electron chi connectivity index (χ0n) is 28.6. The van der Waals surface area contributed by atoms with E-state index in [1.807, 2.05) is 24.3 Å². The zero-order valence-corrected chi connectivity index (χ0v) is 29.4. The highest BCUT2D eigenvalue weighted by Crippen LogP contribution is 2.38. The number of nitrogens with one attached hydrogen (secondary N) is 1. The van der Waals surface area contributed by atoms with Crippen LogP contribution < -0.4 is 16.8 Å². The van der Waals surface area contributed by atoms with Gasteiger partial charge in [0.05, 0.1) is 28.4 Å². The van der Waals surface area contributed by atoms with Crippen molar-refractivity contribution in [1.29, 1.82) is 0 Å². The van der Waals surface area contributed by atoms with Crippen LogP contribution in [0.15, 0.2) is 73.1 Å². The van der Waals surface area contributed by atoms with Crippen LogP contribution in [0.5, 0.6) is 0 Å². The van der Waals surface area contributed by atoms with Gasteiger partial charge >= 0.3 is 0 Å². The average Bonchev–Trinajstić information content (AvgIpc) is 3.11. The number of nitrogens with two attached hydrogens (primary N) is 2. The normalized spacial score (nSPS) is 14.1. The van der Waals surface area contributed by atoms with Crippen molar-refractivity contribution in [3.05, 3.63) is 95.3 Å². The Balaban J connectivity index is 0.000000817. The number of carbonyl (C=O) groups excluding carboxylic acids is 4. The molecule has 270 valence electrons. The van der Waals surface area contributed by atoms with Gasteiger partial charge in [0, 0.05) is 80.3 Å². The number of hydrogen-bond donors (Lipinski definition) is 4. The van der Waals surface area contributed by atoms with Crippen LogP contribution in [0.1, 0.15) is 60.7 Å². The van der Waals surface area contributed by atoms with Gasteiger partial charge in [0.1, 0.15) is 0 Å². The summed E-state index contributed by atoms with van der Waals surface area (Å²) in [4.78, 5) is 65.6. The first-order valence-electron chi connectivity index (χ1n) is 16.9. The monoisotopic (exact) mass is 733 g/mol. The minimum atomic E-state index is -3.67. The van der Waals surface area contributed by atoms with Crippen LogP contribution in [0, 0.1) is 0 Å². The second-order valence-electron chi connectivity index (χ2n) is 13.0. The van der Waals surface area contributed by atoms with E-state index in [-0.39, 0.29) is 36.7 Å². The van der Waals surface area contributed by atoms with E-state index in [4.69, 9.17) is 16.0 Å². The van der Waals surface area contributed by atoms with Gasteiger partial charge in [-0.1, -0.05) is 12.1 Å². The van der Waals surface area contributed by atoms with Crippen LogP contribution in [-0.4, -0.2) is 88.8 Å². The molecule has 2 aliphatic rings. The number of nitrogen functional groups attached to an aromatic ring is 2. The number of amides is 4. The van der Waals surface area contributed by atoms with Crippen LogP contribution in [0.25, 0.3) is 43.4 Å². The van der Waals surface area contributed by atoms with E-state index in [1.54, 1.807) is 48.8 Å². The second kappa shape index (κ2) is 13.8. The number of hydrogen-bond acceptors (Lipinski definition) is 11. The largest absolute Gasteiger partial charge is 0.399 e. The fraction of sp³-hybridized carbons (Fsp3) is 0.211. The van der Waals surface area contributed by atoms with E-state index < -0.39 is 10.1 Å². The third kappa shape index (κ3) is 6.72. The molecule has 0 atom stereocenters. The van der Waals surface area contributed by atoms with Crippen LogP contribution in [0.3, 0.4) is 0 Å². The standard InChI is InChI=1S/C37H31N7O4.CH4O3S/c38-22-16-24-30-26(14-20-6-3-10-41-32(20)24)34(45)43(36(47)28(30)18-22)12-2-1-8-40-9-5-13-44-35(46)27-15-21-7-4-11-42-33(21)25-17-23(39)19-29(31(25)27)37(44)48;1-5(2,3)4/h3-4,6-7,10-11,14-19,40H,1-2,5,8-9,12-13,38-39H2;1H3,(H,2,3,4). The van der Waals surface area contributed by atoms with E-state index >= 15 is 0 Å². The smallest absolute Gasteiger partial charge is 0.261 e. The van der Waals surface area contributed by atoms with Gasteiger partial charge in [0.15, 0.2) is 0 Å². The summed E-state index contributed by atoms with van der Waals surface area (Å²) >= 11 is 0. The molecule has 0 aliphatic carbocycles. The van der Waals surface area contributed by atoms with Crippen molar-refractivity contribution >= 4 is 88.5 Å². The van der Waals surface area contributed by atoms with E-state index in [9.17, 15) is 27.6 Å². The van der Waals surface area contributed by atoms with Crippen molar-refractivity contribution in [2.75, 3.05) is 43.9 Å². The molecule has 4 aromatic carbocycles. The number of rotatable bonds is 9. The minimum absolute atomic E-state index is 0.251. The molecule has 0 saturated heterocycles. The highest BCUT2D eigenvalue weighted by molar-refractivity contribution is 7.85. The van der Waals surface area contributed by atoms with Gasteiger partial charge in [0.25, 0.3) is 33.7 Å². The van der Waals surface area contributed by atoms with Gasteiger partial charge in [-0.15, -0.1) is 0 Å². The number of imide groups is 2. The number of pyridine rings is 2. The van der Waals surface area contributed by atoms with Gasteiger partial charge in [-0.2, -0.15) is 8.42 Å². The molecule has 2 aromatic heterocycles. The summed E-state index contributed by atoms with van der Waals surface area (Å²) in [6.45, 7) is 1.75. The summed E-state index contributed by atoms with van der Waals surface area (Å²) in [5.41, 5.74) is 16.4. The maximum absolute atomic E-state index is 13.5. The van der Waals surface area contributed by atoms with E-state index in [1.165, 1.54) is 9.80 Å². The maximum atomic E-state index is 13.5. The van der Waals surface area contributed by atoms with Crippen molar-refractivity contribution < 1.29 is 32.1 Å². The molecule has 0 spiro atoms. The summed E-state index contributed by atoms with van der Waals surface area (Å²) in [6.07, 6.45) is 5.96. The predicted molar refractivity (Wildman–Crippen MR) is 202 cm³/mol. The Morgan fingerprint density at radius 1 is 0.642 bits per heavy atom. The van der Waals surface area contributed by atoms with Crippen molar-refractivity contribution in [2.45, 2.75) is 19.3 Å². The number of nitrogens with zero attached hydrogens (tertiary/aromatic N) is 4. The fourth-order valence-corrected chi connectivity index (χ4v) is 7.11. The summed E-state index contributed by atoms with van der Waals surface area (Å²) in [7, 11) is -3.67. The first-order chi connectivity index (χ1) is 25.3. The van der Waals surface area contributed by atoms with Crippen LogP contribution >= 0.6 is 0 Å². The summed E-state index contributed by atoms with van der Waals surface area (Å²) in [6, 6.07) is 17.8. The topological polar surface area (TPSA) is 219 Å². The van der Waals surface area contributed by atoms with Gasteiger partial charge < -0.3 is 16.8 Å². The highest BCUT2D eigenvalue weighted by Gasteiger charge is 2.35. The number of anilines is 2. The summed E-state index contributed by atoms with van der Waals surface area (Å²) < 4.78 is 25.9. The van der Waals surface area contributed by atoms with Gasteiger partial charge in [0.2, 0.25) is 0 Å². The van der Waals surface area contributed by atoms with Crippen molar-refractivity contribution in [2.24, 2.45) is 0 Å². The Bertz CT molecular complexity index is 2470. The lowest BCUT2D eigenvalue weighted by Crippen LogP contribution is -2.42. The van der Waals surface area contributed by atoms with E-state index in [2.05, 4.69) is 15.3 Å². The molecule has 0 fully saturated rings. The van der Waals surface area contributed by atoms with E-state index in [0.717, 1.165) is 17.2 Å². The molecule has 53 heavy (non-hydrogen) atoms. The molecular weight excluding hydrogens is 699 g/mol. The molecule has 8 rings (SSSR count). The van der Waals surface area contributed by atoms with Crippen molar-refractivity contribution in [3.8, 4) is 0 Å². The number of carbonyl (C=O) groups is 4. The Hall–Kier alpha value is -6.03. The Kier molecular flexibility index (Phi) is 9.24. The zero-order chi connectivity index (χ0) is 37.6. The minimum Gasteiger partial charge on any atom is -0.399 e. The molecule has 4 amide bonds. The third-order valence-electron chi connectivity index (χ3n) is 9.27. The number of fused-ring (bicyclic) bond motifs is 4. The number of unbranched alkanes of at least 4 members (excludes halogenated alkanes) is 1. The van der Waals surface area contributed by atoms with Crippen LogP contribution in [-0.2, 0) is 10.1 Å². The second-order valence-corrected chi connectivity index (χ2v) is 14.5. The number of benzene rings is 4. The lowest BCUT2D eigenvalue weighted by Gasteiger charge is -2.28. The molecule has 0 bridgehead atoms. The highest BCUT2D eigenvalue weighted by atomic mass is 32.2. The molecule has 6 N–H and O–H groups in total. The van der Waals surface area contributed by atoms with Crippen LogP contribution in [0.4, 0.5) is 11.4 Å². The molecule has 15 heteroatoms. The SMILES string of the molecule is CS(=O)(=O)O.Nc1cc2c3c(cc4cccnc4c3c1)C(=O)N(CCCCNCCCN1C(=O)c3cc(N)cc4c3c(cc3cccnc34)C1=O)C2=O. The summed E-state index contributed by atoms with van der Waals surface area (Å²) in [5, 5.41) is 7.58. The Morgan fingerprint density at radius 3 is 1.49 bits per heavy atom. The Morgan fingerprint density at radius 2 is 1.04 bits per heavy atom. The molecule has 14 nitrogen and oxygen atoms in total. The van der Waals surface area contributed by atoms with Crippen molar-refractivity contribution in [3.63, 3.8) is 0 Å². The molecule has 6 aromatic rings. The number of aromatic nitrogens is 2. The van der Waals surface area contributed by atoms with Gasteiger partial charge in [-0.05, 0) is 80.9 Å². The van der Waals surface area contributed by atoms with Gasteiger partial charge in [-0.3, -0.25) is 43.5 Å². The third-order valence-corrected chi connectivity index (χ3v) is 9.27. The van der Waals surface area contributed by atoms with Crippen molar-refractivity contribution in [1.82, 2.24) is 25.1 Å². The predicted octanol–water partition coefficient (Wildman–Crippen LogP) is 4.41. The van der Waals surface area contributed by atoms with Gasteiger partial charge in [-0.25, -0.2) is 0 Å². The maximum Gasteiger partial charge on any atom is 0.261 e. The van der Waals surface area contributed by atoms with Crippen LogP contribution in [0.2, 0.25) is 0 Å². The molecule has 4 heterocycles. The fourth-order valence-electron chi connectivity index (χ4n) is 7.11. The quantitative estimate of drug-likeness (QED) is 0.0534. The molecule has 2 aliphatic heterocycles. The summed E-state index contributed by atoms with van der Waals surface area (Å²) in [5.74, 6) is -1.36.